The highest BCUT2D eigenvalue weighted by atomic mass is 15.0. The summed E-state index contributed by atoms with van der Waals surface area (Å²) in [5.41, 5.74) is 9.19. The van der Waals surface area contributed by atoms with Crippen molar-refractivity contribution in [3.63, 3.8) is 0 Å². The van der Waals surface area contributed by atoms with Crippen molar-refractivity contribution in [1.29, 1.82) is 0 Å². The van der Waals surface area contributed by atoms with E-state index in [0.717, 1.165) is 36.5 Å². The minimum absolute atomic E-state index is 0.0135. The van der Waals surface area contributed by atoms with Crippen LogP contribution in [0.3, 0.4) is 0 Å². The SMILES string of the molecule is NC1CC(c2ncc3nc(-c4ccccc4)cnc3n2)CCN1. The lowest BCUT2D eigenvalue weighted by atomic mass is 9.95. The van der Waals surface area contributed by atoms with Gasteiger partial charge in [0.2, 0.25) is 0 Å². The van der Waals surface area contributed by atoms with E-state index in [-0.39, 0.29) is 12.1 Å². The van der Waals surface area contributed by atoms with Gasteiger partial charge >= 0.3 is 0 Å². The summed E-state index contributed by atoms with van der Waals surface area (Å²) in [6.45, 7) is 0.895. The Morgan fingerprint density at radius 1 is 1.04 bits per heavy atom. The number of fused-ring (bicyclic) bond motifs is 1. The van der Waals surface area contributed by atoms with Crippen LogP contribution in [0.4, 0.5) is 0 Å². The van der Waals surface area contributed by atoms with Crippen molar-refractivity contribution in [1.82, 2.24) is 25.3 Å². The zero-order valence-corrected chi connectivity index (χ0v) is 12.7. The Balaban J connectivity index is 1.68. The Bertz CT molecular complexity index is 820. The molecule has 2 unspecified atom stereocenters. The summed E-state index contributed by atoms with van der Waals surface area (Å²) in [6, 6.07) is 9.99. The van der Waals surface area contributed by atoms with Crippen molar-refractivity contribution in [3.8, 4) is 11.3 Å². The third-order valence-corrected chi connectivity index (χ3v) is 4.19. The maximum Gasteiger partial charge on any atom is 0.181 e. The van der Waals surface area contributed by atoms with Crippen molar-refractivity contribution in [2.24, 2.45) is 5.73 Å². The van der Waals surface area contributed by atoms with Gasteiger partial charge in [-0.3, -0.25) is 0 Å². The Labute approximate surface area is 134 Å². The second-order valence-electron chi connectivity index (χ2n) is 5.84. The van der Waals surface area contributed by atoms with E-state index in [9.17, 15) is 0 Å². The van der Waals surface area contributed by atoms with Gasteiger partial charge in [-0.15, -0.1) is 0 Å². The van der Waals surface area contributed by atoms with Crippen molar-refractivity contribution >= 4 is 11.2 Å². The number of aromatic nitrogens is 4. The van der Waals surface area contributed by atoms with E-state index in [1.807, 2.05) is 30.3 Å². The van der Waals surface area contributed by atoms with E-state index < -0.39 is 0 Å². The third-order valence-electron chi connectivity index (χ3n) is 4.19. The molecule has 1 fully saturated rings. The number of nitrogens with one attached hydrogen (secondary N) is 1. The predicted octanol–water partition coefficient (Wildman–Crippen LogP) is 1.84. The number of nitrogens with zero attached hydrogens (tertiary/aromatic N) is 4. The second kappa shape index (κ2) is 5.98. The average Bonchev–Trinajstić information content (AvgIpc) is 2.61. The lowest BCUT2D eigenvalue weighted by Gasteiger charge is -2.26. The molecule has 0 radical (unpaired) electrons. The van der Waals surface area contributed by atoms with Crippen LogP contribution in [0, 0.1) is 0 Å². The highest BCUT2D eigenvalue weighted by molar-refractivity contribution is 5.72. The van der Waals surface area contributed by atoms with Gasteiger partial charge in [-0.25, -0.2) is 19.9 Å². The molecule has 1 saturated heterocycles. The highest BCUT2D eigenvalue weighted by Gasteiger charge is 2.22. The summed E-state index contributed by atoms with van der Waals surface area (Å²) in [5, 5.41) is 3.24. The van der Waals surface area contributed by atoms with Gasteiger partial charge in [0, 0.05) is 11.5 Å². The molecule has 116 valence electrons. The number of piperidine rings is 1. The van der Waals surface area contributed by atoms with Crippen LogP contribution in [0.1, 0.15) is 24.6 Å². The Hall–Kier alpha value is -2.44. The molecule has 3 N–H and O–H groups in total. The molecule has 23 heavy (non-hydrogen) atoms. The molecule has 2 atom stereocenters. The molecule has 0 spiro atoms. The maximum atomic E-state index is 5.96. The van der Waals surface area contributed by atoms with Crippen LogP contribution in [0.2, 0.25) is 0 Å². The van der Waals surface area contributed by atoms with Gasteiger partial charge in [-0.2, -0.15) is 0 Å². The van der Waals surface area contributed by atoms with Crippen molar-refractivity contribution in [3.05, 3.63) is 48.5 Å². The van der Waals surface area contributed by atoms with E-state index in [2.05, 4.69) is 25.3 Å². The predicted molar refractivity (Wildman–Crippen MR) is 88.5 cm³/mol. The molecule has 1 aliphatic heterocycles. The van der Waals surface area contributed by atoms with Gasteiger partial charge in [0.05, 0.1) is 24.3 Å². The van der Waals surface area contributed by atoms with Crippen molar-refractivity contribution < 1.29 is 0 Å². The number of hydrogen-bond acceptors (Lipinski definition) is 6. The molecule has 0 aliphatic carbocycles. The first kappa shape index (κ1) is 14.2. The number of hydrogen-bond donors (Lipinski definition) is 2. The van der Waals surface area contributed by atoms with Crippen LogP contribution in [-0.4, -0.2) is 32.6 Å². The van der Waals surface area contributed by atoms with Crippen LogP contribution >= 0.6 is 0 Å². The molecule has 0 amide bonds. The minimum Gasteiger partial charge on any atom is -0.316 e. The van der Waals surface area contributed by atoms with Crippen molar-refractivity contribution in [2.45, 2.75) is 24.9 Å². The molecule has 3 aromatic rings. The molecule has 1 aromatic carbocycles. The van der Waals surface area contributed by atoms with E-state index in [1.54, 1.807) is 12.4 Å². The van der Waals surface area contributed by atoms with Crippen LogP contribution in [0.25, 0.3) is 22.4 Å². The number of rotatable bonds is 2. The summed E-state index contributed by atoms with van der Waals surface area (Å²) in [4.78, 5) is 18.2. The monoisotopic (exact) mass is 306 g/mol. The molecule has 0 saturated carbocycles. The standard InChI is InChI=1S/C17H18N6/c18-15-8-12(6-7-19-15)16-20-10-14-17(23-16)21-9-13(22-14)11-4-2-1-3-5-11/h1-5,9-10,12,15,19H,6-8,18H2. The topological polar surface area (TPSA) is 89.6 Å². The molecule has 0 bridgehead atoms. The van der Waals surface area contributed by atoms with Gasteiger partial charge in [0.25, 0.3) is 0 Å². The molecular weight excluding hydrogens is 288 g/mol. The molecule has 4 rings (SSSR count). The van der Waals surface area contributed by atoms with Crippen LogP contribution in [-0.2, 0) is 0 Å². The Morgan fingerprint density at radius 2 is 1.91 bits per heavy atom. The molecule has 2 aromatic heterocycles. The Kier molecular flexibility index (Phi) is 3.69. The summed E-state index contributed by atoms with van der Waals surface area (Å²) < 4.78 is 0. The summed E-state index contributed by atoms with van der Waals surface area (Å²) >= 11 is 0. The van der Waals surface area contributed by atoms with E-state index in [1.165, 1.54) is 0 Å². The zero-order chi connectivity index (χ0) is 15.6. The van der Waals surface area contributed by atoms with Crippen LogP contribution in [0.5, 0.6) is 0 Å². The Morgan fingerprint density at radius 3 is 2.74 bits per heavy atom. The first-order valence-corrected chi connectivity index (χ1v) is 7.84. The first-order chi connectivity index (χ1) is 11.3. The van der Waals surface area contributed by atoms with Crippen molar-refractivity contribution in [2.75, 3.05) is 6.54 Å². The quantitative estimate of drug-likeness (QED) is 0.751. The van der Waals surface area contributed by atoms with Gasteiger partial charge in [0.15, 0.2) is 5.65 Å². The minimum atomic E-state index is 0.0135. The fraction of sp³-hybridized carbons (Fsp3) is 0.294. The van der Waals surface area contributed by atoms with E-state index in [0.29, 0.717) is 11.2 Å². The molecule has 6 nitrogen and oxygen atoms in total. The molecule has 3 heterocycles. The zero-order valence-electron chi connectivity index (χ0n) is 12.7. The smallest absolute Gasteiger partial charge is 0.181 e. The van der Waals surface area contributed by atoms with E-state index >= 15 is 0 Å². The lowest BCUT2D eigenvalue weighted by Crippen LogP contribution is -2.43. The second-order valence-corrected chi connectivity index (χ2v) is 5.84. The van der Waals surface area contributed by atoms with Crippen LogP contribution < -0.4 is 11.1 Å². The molecule has 6 heteroatoms. The highest BCUT2D eigenvalue weighted by Crippen LogP contribution is 2.25. The third kappa shape index (κ3) is 2.91. The fourth-order valence-corrected chi connectivity index (χ4v) is 2.96. The van der Waals surface area contributed by atoms with Gasteiger partial charge in [-0.05, 0) is 19.4 Å². The van der Waals surface area contributed by atoms with Crippen LogP contribution in [0.15, 0.2) is 42.7 Å². The summed E-state index contributed by atoms with van der Waals surface area (Å²) in [6.07, 6.45) is 5.39. The maximum absolute atomic E-state index is 5.96. The summed E-state index contributed by atoms with van der Waals surface area (Å²) in [7, 11) is 0. The lowest BCUT2D eigenvalue weighted by molar-refractivity contribution is 0.360. The van der Waals surface area contributed by atoms with Gasteiger partial charge in [-0.1, -0.05) is 30.3 Å². The van der Waals surface area contributed by atoms with Gasteiger partial charge < -0.3 is 11.1 Å². The largest absolute Gasteiger partial charge is 0.316 e. The van der Waals surface area contributed by atoms with Gasteiger partial charge in [0.1, 0.15) is 11.3 Å². The summed E-state index contributed by atoms with van der Waals surface area (Å²) in [5.74, 6) is 1.10. The average molecular weight is 306 g/mol. The molecule has 1 aliphatic rings. The fourth-order valence-electron chi connectivity index (χ4n) is 2.96. The number of nitrogens with two attached hydrogens (primary N) is 1. The molecular formula is C17H18N6. The normalized spacial score (nSPS) is 21.4. The first-order valence-electron chi connectivity index (χ1n) is 7.84. The number of benzene rings is 1. The van der Waals surface area contributed by atoms with E-state index in [4.69, 9.17) is 5.73 Å².